The number of hydrogen-bond donors (Lipinski definition) is 2. The van der Waals surface area contributed by atoms with Crippen LogP contribution < -0.4 is 10.6 Å². The Morgan fingerprint density at radius 1 is 1.20 bits per heavy atom. The van der Waals surface area contributed by atoms with Gasteiger partial charge in [0.05, 0.1) is 0 Å². The molecule has 0 heterocycles. The Hall–Kier alpha value is -1.24. The third-order valence-electron chi connectivity index (χ3n) is 5.28. The Bertz CT molecular complexity index is 393. The fraction of sp³-hybridized carbons (Fsp3) is 0.875. The minimum Gasteiger partial charge on any atom is -0.350 e. The molecule has 2 aliphatic carbocycles. The summed E-state index contributed by atoms with van der Waals surface area (Å²) in [6, 6.07) is 0.202. The van der Waals surface area contributed by atoms with Gasteiger partial charge in [0.1, 0.15) is 0 Å². The molecule has 0 saturated heterocycles. The number of nitriles is 1. The van der Waals surface area contributed by atoms with E-state index in [1.807, 2.05) is 6.19 Å². The number of nitrogens with one attached hydrogen (secondary N) is 2. The summed E-state index contributed by atoms with van der Waals surface area (Å²) < 4.78 is 0. The molecule has 0 aromatic carbocycles. The first-order chi connectivity index (χ1) is 9.38. The first-order valence-corrected chi connectivity index (χ1v) is 7.85. The first-order valence-electron chi connectivity index (χ1n) is 7.85. The number of rotatable bonds is 3. The van der Waals surface area contributed by atoms with Gasteiger partial charge in [0.15, 0.2) is 6.19 Å². The SMILES string of the molecule is CC(C)(C)C1(NC(=O)C2CC(NC#N)C2)CCCCC1. The zero-order valence-corrected chi connectivity index (χ0v) is 13.0. The van der Waals surface area contributed by atoms with Crippen LogP contribution >= 0.6 is 0 Å². The van der Waals surface area contributed by atoms with Gasteiger partial charge in [-0.25, -0.2) is 0 Å². The number of carbonyl (C=O) groups is 1. The van der Waals surface area contributed by atoms with Gasteiger partial charge in [0, 0.05) is 17.5 Å². The number of nitrogens with zero attached hydrogens (tertiary/aromatic N) is 1. The minimum atomic E-state index is -0.0456. The third kappa shape index (κ3) is 2.92. The van der Waals surface area contributed by atoms with Crippen LogP contribution in [-0.4, -0.2) is 17.5 Å². The Morgan fingerprint density at radius 2 is 1.80 bits per heavy atom. The number of amides is 1. The molecule has 1 amide bonds. The zero-order chi connectivity index (χ0) is 14.8. The lowest BCUT2D eigenvalue weighted by Gasteiger charge is -2.49. The fourth-order valence-corrected chi connectivity index (χ4v) is 3.60. The molecule has 20 heavy (non-hydrogen) atoms. The lowest BCUT2D eigenvalue weighted by Crippen LogP contribution is -2.60. The van der Waals surface area contributed by atoms with Crippen LogP contribution in [0, 0.1) is 22.8 Å². The Labute approximate surface area is 122 Å². The van der Waals surface area contributed by atoms with E-state index in [-0.39, 0.29) is 28.8 Å². The summed E-state index contributed by atoms with van der Waals surface area (Å²) in [6.07, 6.45) is 9.43. The smallest absolute Gasteiger partial charge is 0.223 e. The molecule has 2 rings (SSSR count). The fourth-order valence-electron chi connectivity index (χ4n) is 3.60. The van der Waals surface area contributed by atoms with Crippen molar-refractivity contribution in [2.24, 2.45) is 11.3 Å². The highest BCUT2D eigenvalue weighted by Crippen LogP contribution is 2.42. The van der Waals surface area contributed by atoms with Crippen molar-refractivity contribution in [3.8, 4) is 6.19 Å². The van der Waals surface area contributed by atoms with E-state index in [4.69, 9.17) is 5.26 Å². The maximum absolute atomic E-state index is 12.5. The van der Waals surface area contributed by atoms with E-state index in [0.29, 0.717) is 0 Å². The van der Waals surface area contributed by atoms with Crippen molar-refractivity contribution >= 4 is 5.91 Å². The summed E-state index contributed by atoms with van der Waals surface area (Å²) in [5, 5.41) is 14.7. The summed E-state index contributed by atoms with van der Waals surface area (Å²) in [5.74, 6) is 0.278. The van der Waals surface area contributed by atoms with Crippen LogP contribution in [0.5, 0.6) is 0 Å². The van der Waals surface area contributed by atoms with Crippen molar-refractivity contribution in [2.45, 2.75) is 77.3 Å². The van der Waals surface area contributed by atoms with Crippen LogP contribution in [-0.2, 0) is 4.79 Å². The van der Waals surface area contributed by atoms with E-state index in [9.17, 15) is 4.79 Å². The van der Waals surface area contributed by atoms with Crippen LogP contribution in [0.1, 0.15) is 65.7 Å². The van der Waals surface area contributed by atoms with Crippen LogP contribution in [0.25, 0.3) is 0 Å². The average molecular weight is 277 g/mol. The van der Waals surface area contributed by atoms with Crippen LogP contribution in [0.4, 0.5) is 0 Å². The summed E-state index contributed by atoms with van der Waals surface area (Å²) in [5.41, 5.74) is 0.0488. The molecule has 0 aromatic heterocycles. The van der Waals surface area contributed by atoms with Crippen molar-refractivity contribution in [3.05, 3.63) is 0 Å². The van der Waals surface area contributed by atoms with Gasteiger partial charge in [-0.3, -0.25) is 4.79 Å². The zero-order valence-electron chi connectivity index (χ0n) is 13.0. The van der Waals surface area contributed by atoms with E-state index in [1.165, 1.54) is 19.3 Å². The summed E-state index contributed by atoms with van der Waals surface area (Å²) in [7, 11) is 0. The lowest BCUT2D eigenvalue weighted by atomic mass is 9.65. The number of hydrogen-bond acceptors (Lipinski definition) is 3. The average Bonchev–Trinajstić information content (AvgIpc) is 2.33. The molecule has 0 spiro atoms. The largest absolute Gasteiger partial charge is 0.350 e. The Kier molecular flexibility index (Phi) is 4.27. The molecule has 2 aliphatic rings. The van der Waals surface area contributed by atoms with Crippen LogP contribution in [0.2, 0.25) is 0 Å². The van der Waals surface area contributed by atoms with E-state index in [0.717, 1.165) is 25.7 Å². The molecular weight excluding hydrogens is 250 g/mol. The molecule has 0 atom stereocenters. The minimum absolute atomic E-state index is 0.0456. The predicted octanol–water partition coefficient (Wildman–Crippen LogP) is 2.70. The monoisotopic (exact) mass is 277 g/mol. The van der Waals surface area contributed by atoms with Crippen molar-refractivity contribution < 1.29 is 4.79 Å². The highest BCUT2D eigenvalue weighted by atomic mass is 16.2. The summed E-state index contributed by atoms with van der Waals surface area (Å²) in [4.78, 5) is 12.5. The van der Waals surface area contributed by atoms with Gasteiger partial charge in [-0.1, -0.05) is 40.0 Å². The van der Waals surface area contributed by atoms with Crippen molar-refractivity contribution in [1.82, 2.24) is 10.6 Å². The van der Waals surface area contributed by atoms with Gasteiger partial charge in [-0.15, -0.1) is 0 Å². The molecule has 0 unspecified atom stereocenters. The normalized spacial score (nSPS) is 28.9. The highest BCUT2D eigenvalue weighted by Gasteiger charge is 2.45. The second-order valence-corrected chi connectivity index (χ2v) is 7.50. The lowest BCUT2D eigenvalue weighted by molar-refractivity contribution is -0.132. The molecule has 4 nitrogen and oxygen atoms in total. The highest BCUT2D eigenvalue weighted by molar-refractivity contribution is 5.80. The summed E-state index contributed by atoms with van der Waals surface area (Å²) in [6.45, 7) is 6.71. The van der Waals surface area contributed by atoms with Gasteiger partial charge < -0.3 is 10.6 Å². The number of carbonyl (C=O) groups excluding carboxylic acids is 1. The van der Waals surface area contributed by atoms with E-state index < -0.39 is 0 Å². The van der Waals surface area contributed by atoms with Gasteiger partial charge in [-0.05, 0) is 31.1 Å². The predicted molar refractivity (Wildman–Crippen MR) is 78.7 cm³/mol. The molecule has 0 bridgehead atoms. The molecule has 2 saturated carbocycles. The van der Waals surface area contributed by atoms with Gasteiger partial charge >= 0.3 is 0 Å². The summed E-state index contributed by atoms with van der Waals surface area (Å²) >= 11 is 0. The first kappa shape index (κ1) is 15.2. The van der Waals surface area contributed by atoms with Crippen molar-refractivity contribution in [1.29, 1.82) is 5.26 Å². The molecule has 4 heteroatoms. The quantitative estimate of drug-likeness (QED) is 0.616. The molecule has 112 valence electrons. The Morgan fingerprint density at radius 3 is 2.30 bits per heavy atom. The maximum Gasteiger partial charge on any atom is 0.223 e. The Balaban J connectivity index is 1.96. The van der Waals surface area contributed by atoms with E-state index in [2.05, 4.69) is 31.4 Å². The topological polar surface area (TPSA) is 64.9 Å². The molecule has 2 N–H and O–H groups in total. The standard InChI is InChI=1S/C16H27N3O/c1-15(2,3)16(7-5-4-6-8-16)19-14(20)12-9-13(10-12)18-11-17/h12-13,18H,4-10H2,1-3H3,(H,19,20). The van der Waals surface area contributed by atoms with Gasteiger partial charge in [0.2, 0.25) is 5.91 Å². The van der Waals surface area contributed by atoms with Crippen molar-refractivity contribution in [3.63, 3.8) is 0 Å². The maximum atomic E-state index is 12.5. The molecule has 0 radical (unpaired) electrons. The van der Waals surface area contributed by atoms with E-state index in [1.54, 1.807) is 0 Å². The molecule has 0 aromatic rings. The molecule has 2 fully saturated rings. The van der Waals surface area contributed by atoms with Gasteiger partial charge in [-0.2, -0.15) is 5.26 Å². The third-order valence-corrected chi connectivity index (χ3v) is 5.28. The second kappa shape index (κ2) is 5.63. The molecular formula is C16H27N3O. The molecule has 0 aliphatic heterocycles. The van der Waals surface area contributed by atoms with Crippen LogP contribution in [0.15, 0.2) is 0 Å². The second-order valence-electron chi connectivity index (χ2n) is 7.50. The van der Waals surface area contributed by atoms with Crippen LogP contribution in [0.3, 0.4) is 0 Å². The van der Waals surface area contributed by atoms with E-state index >= 15 is 0 Å². The van der Waals surface area contributed by atoms with Crippen molar-refractivity contribution in [2.75, 3.05) is 0 Å². The van der Waals surface area contributed by atoms with Gasteiger partial charge in [0.25, 0.3) is 0 Å².